The van der Waals surface area contributed by atoms with Crippen LogP contribution in [0.1, 0.15) is 18.9 Å². The summed E-state index contributed by atoms with van der Waals surface area (Å²) in [6.07, 6.45) is 5.16. The first kappa shape index (κ1) is 21.6. The summed E-state index contributed by atoms with van der Waals surface area (Å²) in [5.41, 5.74) is 0.901. The maximum Gasteiger partial charge on any atom is 0.233 e. The fraction of sp³-hybridized carbons (Fsp3) is 0.476. The molecular weight excluding hydrogens is 483 g/mol. The number of hydrogen-bond acceptors (Lipinski definition) is 4. The van der Waals surface area contributed by atoms with Crippen LogP contribution >= 0.6 is 24.0 Å². The predicted octanol–water partition coefficient (Wildman–Crippen LogP) is 1.87. The Bertz CT molecular complexity index is 811. The lowest BCUT2D eigenvalue weighted by Crippen LogP contribution is -2.43. The summed E-state index contributed by atoms with van der Waals surface area (Å²) in [7, 11) is 0. The van der Waals surface area contributed by atoms with Gasteiger partial charge < -0.3 is 15.7 Å². The monoisotopic (exact) mass is 510 g/mol. The van der Waals surface area contributed by atoms with Crippen LogP contribution in [0.25, 0.3) is 0 Å². The van der Waals surface area contributed by atoms with E-state index in [-0.39, 0.29) is 65.2 Å². The zero-order chi connectivity index (χ0) is 19.7. The number of carbonyl (C=O) groups excluding carboxylic acids is 2. The average molecular weight is 510 g/mol. The van der Waals surface area contributed by atoms with E-state index >= 15 is 0 Å². The molecule has 1 saturated carbocycles. The van der Waals surface area contributed by atoms with Crippen LogP contribution in [-0.4, -0.2) is 47.4 Å². The van der Waals surface area contributed by atoms with Gasteiger partial charge in [-0.05, 0) is 42.9 Å². The topological polar surface area (TPSA) is 94.0 Å². The number of carbonyl (C=O) groups is 2. The van der Waals surface area contributed by atoms with E-state index in [1.165, 1.54) is 4.90 Å². The van der Waals surface area contributed by atoms with E-state index in [4.69, 9.17) is 0 Å². The molecule has 29 heavy (non-hydrogen) atoms. The molecule has 4 rings (SSSR count). The van der Waals surface area contributed by atoms with Crippen molar-refractivity contribution in [2.24, 2.45) is 28.7 Å². The summed E-state index contributed by atoms with van der Waals surface area (Å²) in [4.78, 5) is 31.3. The minimum absolute atomic E-state index is 0. The number of hydrogen-bond donors (Lipinski definition) is 3. The van der Waals surface area contributed by atoms with E-state index in [2.05, 4.69) is 27.8 Å². The Morgan fingerprint density at radius 1 is 1.17 bits per heavy atom. The highest BCUT2D eigenvalue weighted by Crippen LogP contribution is 2.52. The number of phenols is 1. The maximum absolute atomic E-state index is 12.7. The van der Waals surface area contributed by atoms with Crippen LogP contribution in [0.2, 0.25) is 0 Å². The van der Waals surface area contributed by atoms with Crippen LogP contribution in [-0.2, 0) is 16.1 Å². The van der Waals surface area contributed by atoms with Gasteiger partial charge in [0.05, 0.1) is 18.4 Å². The number of imide groups is 1. The molecule has 0 radical (unpaired) electrons. The molecule has 1 heterocycles. The van der Waals surface area contributed by atoms with Crippen molar-refractivity contribution in [3.05, 3.63) is 42.0 Å². The molecule has 4 unspecified atom stereocenters. The fourth-order valence-corrected chi connectivity index (χ4v) is 4.64. The quantitative estimate of drug-likeness (QED) is 0.179. The molecule has 2 bridgehead atoms. The Labute approximate surface area is 187 Å². The second kappa shape index (κ2) is 9.15. The molecule has 0 aromatic heterocycles. The molecule has 0 spiro atoms. The van der Waals surface area contributed by atoms with Crippen LogP contribution in [0.4, 0.5) is 0 Å². The van der Waals surface area contributed by atoms with Gasteiger partial charge in [0.1, 0.15) is 5.75 Å². The lowest BCUT2D eigenvalue weighted by molar-refractivity contribution is -0.140. The Hall–Kier alpha value is -2.10. The molecule has 3 aliphatic rings. The number of amides is 2. The summed E-state index contributed by atoms with van der Waals surface area (Å²) in [5.74, 6) is 0.991. The number of phenolic OH excluding ortho intramolecular Hbond substituents is 1. The minimum atomic E-state index is -0.143. The van der Waals surface area contributed by atoms with Gasteiger partial charge in [0.25, 0.3) is 0 Å². The standard InChI is InChI=1S/C21H26N4O3.HI/c1-2-22-21(24-12-13-4-3-5-16(26)10-13)23-8-9-25-19(27)17-14-6-7-15(11-14)18(17)20(25)28;/h3-7,10,14-15,17-18,26H,2,8-9,11-12H2,1H3,(H2,22,23,24);1H. The average Bonchev–Trinajstić information content (AvgIpc) is 3.35. The lowest BCUT2D eigenvalue weighted by atomic mass is 9.85. The molecule has 8 heteroatoms. The highest BCUT2D eigenvalue weighted by molar-refractivity contribution is 14.0. The molecule has 2 aliphatic carbocycles. The van der Waals surface area contributed by atoms with Gasteiger partial charge in [-0.25, -0.2) is 4.99 Å². The van der Waals surface area contributed by atoms with Gasteiger partial charge in [0.2, 0.25) is 11.8 Å². The van der Waals surface area contributed by atoms with Gasteiger partial charge in [-0.2, -0.15) is 0 Å². The first-order valence-electron chi connectivity index (χ1n) is 9.92. The number of nitrogens with one attached hydrogen (secondary N) is 2. The van der Waals surface area contributed by atoms with E-state index in [0.29, 0.717) is 32.1 Å². The van der Waals surface area contributed by atoms with Crippen molar-refractivity contribution in [1.29, 1.82) is 0 Å². The number of fused-ring (bicyclic) bond motifs is 5. The van der Waals surface area contributed by atoms with Crippen molar-refractivity contribution in [2.75, 3.05) is 19.6 Å². The smallest absolute Gasteiger partial charge is 0.233 e. The summed E-state index contributed by atoms with van der Waals surface area (Å²) in [5, 5.41) is 15.9. The van der Waals surface area contributed by atoms with E-state index < -0.39 is 0 Å². The van der Waals surface area contributed by atoms with Crippen LogP contribution < -0.4 is 10.6 Å². The zero-order valence-electron chi connectivity index (χ0n) is 16.4. The summed E-state index contributed by atoms with van der Waals surface area (Å²) >= 11 is 0. The number of benzene rings is 1. The van der Waals surface area contributed by atoms with Crippen LogP contribution in [0.15, 0.2) is 41.4 Å². The first-order valence-corrected chi connectivity index (χ1v) is 9.92. The Morgan fingerprint density at radius 3 is 2.48 bits per heavy atom. The van der Waals surface area contributed by atoms with Gasteiger partial charge in [0.15, 0.2) is 5.96 Å². The van der Waals surface area contributed by atoms with Gasteiger partial charge in [-0.1, -0.05) is 24.3 Å². The molecule has 1 aromatic carbocycles. The van der Waals surface area contributed by atoms with Crippen molar-refractivity contribution in [3.8, 4) is 5.75 Å². The third kappa shape index (κ3) is 4.26. The van der Waals surface area contributed by atoms with E-state index in [0.717, 1.165) is 12.0 Å². The van der Waals surface area contributed by atoms with Gasteiger partial charge in [-0.15, -0.1) is 24.0 Å². The van der Waals surface area contributed by atoms with E-state index in [1.54, 1.807) is 18.2 Å². The number of aliphatic imine (C=N–C) groups is 1. The van der Waals surface area contributed by atoms with E-state index in [9.17, 15) is 14.7 Å². The van der Waals surface area contributed by atoms with E-state index in [1.807, 2.05) is 13.0 Å². The molecule has 156 valence electrons. The number of guanidine groups is 1. The number of likely N-dealkylation sites (tertiary alicyclic amines) is 1. The van der Waals surface area contributed by atoms with Crippen molar-refractivity contribution >= 4 is 41.8 Å². The normalized spacial score (nSPS) is 27.2. The fourth-order valence-electron chi connectivity index (χ4n) is 4.64. The Kier molecular flexibility index (Phi) is 6.81. The molecule has 1 saturated heterocycles. The van der Waals surface area contributed by atoms with Crippen LogP contribution in [0.5, 0.6) is 5.75 Å². The predicted molar refractivity (Wildman–Crippen MR) is 121 cm³/mol. The first-order chi connectivity index (χ1) is 13.6. The lowest BCUT2D eigenvalue weighted by Gasteiger charge is -2.18. The molecule has 1 aromatic rings. The van der Waals surface area contributed by atoms with Crippen molar-refractivity contribution in [1.82, 2.24) is 15.5 Å². The SMILES string of the molecule is CCNC(=NCc1cccc(O)c1)NCCN1C(=O)C2C3C=CC(C3)C2C1=O.I. The number of nitrogens with zero attached hydrogens (tertiary/aromatic N) is 2. The highest BCUT2D eigenvalue weighted by atomic mass is 127. The Balaban J connectivity index is 0.00000240. The Morgan fingerprint density at radius 2 is 1.86 bits per heavy atom. The molecule has 3 N–H and O–H groups in total. The van der Waals surface area contributed by atoms with Gasteiger partial charge in [0, 0.05) is 19.6 Å². The maximum atomic E-state index is 12.7. The molecule has 7 nitrogen and oxygen atoms in total. The molecule has 2 fully saturated rings. The summed E-state index contributed by atoms with van der Waals surface area (Å²) < 4.78 is 0. The highest BCUT2D eigenvalue weighted by Gasteiger charge is 2.58. The third-order valence-electron chi connectivity index (χ3n) is 5.86. The summed E-state index contributed by atoms with van der Waals surface area (Å²) in [6, 6.07) is 6.98. The van der Waals surface area contributed by atoms with Crippen LogP contribution in [0.3, 0.4) is 0 Å². The van der Waals surface area contributed by atoms with Crippen molar-refractivity contribution in [2.45, 2.75) is 19.9 Å². The minimum Gasteiger partial charge on any atom is -0.508 e. The molecule has 1 aliphatic heterocycles. The second-order valence-electron chi connectivity index (χ2n) is 7.62. The number of aromatic hydroxyl groups is 1. The number of halogens is 1. The van der Waals surface area contributed by atoms with Gasteiger partial charge in [-0.3, -0.25) is 14.5 Å². The van der Waals surface area contributed by atoms with Crippen molar-refractivity contribution in [3.63, 3.8) is 0 Å². The molecule has 2 amide bonds. The summed E-state index contributed by atoms with van der Waals surface area (Å²) in [6.45, 7) is 3.90. The van der Waals surface area contributed by atoms with Gasteiger partial charge >= 0.3 is 0 Å². The number of rotatable bonds is 6. The number of allylic oxidation sites excluding steroid dienone is 2. The third-order valence-corrected chi connectivity index (χ3v) is 5.86. The molecule has 4 atom stereocenters. The van der Waals surface area contributed by atoms with Crippen LogP contribution in [0, 0.1) is 23.7 Å². The largest absolute Gasteiger partial charge is 0.508 e. The van der Waals surface area contributed by atoms with Crippen molar-refractivity contribution < 1.29 is 14.7 Å². The zero-order valence-corrected chi connectivity index (χ0v) is 18.7. The second-order valence-corrected chi connectivity index (χ2v) is 7.62. The molecular formula is C21H27IN4O3.